The highest BCUT2D eigenvalue weighted by atomic mass is 32.1. The van der Waals surface area contributed by atoms with Crippen LogP contribution in [0.3, 0.4) is 0 Å². The number of hydrogen-bond donors (Lipinski definition) is 1. The van der Waals surface area contributed by atoms with E-state index in [9.17, 15) is 0 Å². The van der Waals surface area contributed by atoms with Crippen molar-refractivity contribution in [2.24, 2.45) is 0 Å². The zero-order valence-corrected chi connectivity index (χ0v) is 12.8. The summed E-state index contributed by atoms with van der Waals surface area (Å²) in [5.41, 5.74) is 3.55. The minimum absolute atomic E-state index is 0.486. The van der Waals surface area contributed by atoms with Crippen LogP contribution >= 0.6 is 11.3 Å². The van der Waals surface area contributed by atoms with Crippen molar-refractivity contribution in [3.05, 3.63) is 40.9 Å². The summed E-state index contributed by atoms with van der Waals surface area (Å²) in [6.07, 6.45) is 0. The highest BCUT2D eigenvalue weighted by Crippen LogP contribution is 2.26. The molecule has 1 aromatic heterocycles. The molecule has 2 rings (SSSR count). The zero-order chi connectivity index (χ0) is 13.8. The van der Waals surface area contributed by atoms with Crippen LogP contribution in [0, 0.1) is 6.92 Å². The summed E-state index contributed by atoms with van der Waals surface area (Å²) in [5, 5.41) is 6.54. The number of nitrogens with one attached hydrogen (secondary N) is 1. The van der Waals surface area contributed by atoms with Gasteiger partial charge in [-0.05, 0) is 19.1 Å². The lowest BCUT2D eigenvalue weighted by atomic mass is 10.2. The molecule has 0 saturated carbocycles. The third-order valence-electron chi connectivity index (χ3n) is 2.94. The molecular weight excluding hydrogens is 254 g/mol. The van der Waals surface area contributed by atoms with Gasteiger partial charge in [-0.15, -0.1) is 11.3 Å². The van der Waals surface area contributed by atoms with Gasteiger partial charge in [0.2, 0.25) is 0 Å². The first-order valence-electron chi connectivity index (χ1n) is 6.54. The number of aromatic nitrogens is 1. The quantitative estimate of drug-likeness (QED) is 0.901. The predicted molar refractivity (Wildman–Crippen MR) is 83.3 cm³/mol. The Kier molecular flexibility index (Phi) is 4.56. The normalized spacial score (nSPS) is 11.0. The second-order valence-corrected chi connectivity index (χ2v) is 5.89. The molecule has 0 aliphatic carbocycles. The fourth-order valence-electron chi connectivity index (χ4n) is 1.72. The molecular formula is C15H21N3S. The van der Waals surface area contributed by atoms with Gasteiger partial charge in [0.1, 0.15) is 0 Å². The molecule has 0 aliphatic rings. The van der Waals surface area contributed by atoms with Crippen molar-refractivity contribution in [3.63, 3.8) is 0 Å². The summed E-state index contributed by atoms with van der Waals surface area (Å²) in [6.45, 7) is 7.22. The lowest BCUT2D eigenvalue weighted by molar-refractivity contribution is 0.583. The van der Waals surface area contributed by atoms with E-state index < -0.39 is 0 Å². The van der Waals surface area contributed by atoms with Crippen molar-refractivity contribution in [1.29, 1.82) is 0 Å². The first-order chi connectivity index (χ1) is 9.06. The second kappa shape index (κ2) is 6.17. The maximum atomic E-state index is 4.66. The van der Waals surface area contributed by atoms with E-state index in [1.165, 1.54) is 11.3 Å². The van der Waals surface area contributed by atoms with Gasteiger partial charge < -0.3 is 10.2 Å². The number of aryl methyl sites for hydroxylation is 1. The van der Waals surface area contributed by atoms with Gasteiger partial charge in [-0.3, -0.25) is 0 Å². The van der Waals surface area contributed by atoms with E-state index in [0.29, 0.717) is 6.04 Å². The maximum Gasteiger partial charge on any atom is 0.189 e. The lowest BCUT2D eigenvalue weighted by Gasteiger charge is -2.15. The molecule has 0 bridgehead atoms. The number of thiazole rings is 1. The molecule has 0 spiro atoms. The Bertz CT molecular complexity index is 516. The van der Waals surface area contributed by atoms with Crippen LogP contribution in [0.4, 0.5) is 10.8 Å². The molecule has 2 aromatic rings. The van der Waals surface area contributed by atoms with Gasteiger partial charge in [0, 0.05) is 30.7 Å². The topological polar surface area (TPSA) is 28.2 Å². The smallest absolute Gasteiger partial charge is 0.189 e. The lowest BCUT2D eigenvalue weighted by Crippen LogP contribution is -2.22. The monoisotopic (exact) mass is 275 g/mol. The van der Waals surface area contributed by atoms with Gasteiger partial charge in [0.15, 0.2) is 5.13 Å². The van der Waals surface area contributed by atoms with E-state index in [4.69, 9.17) is 0 Å². The molecule has 3 nitrogen and oxygen atoms in total. The van der Waals surface area contributed by atoms with E-state index in [1.54, 1.807) is 11.3 Å². The number of benzene rings is 1. The summed E-state index contributed by atoms with van der Waals surface area (Å²) in [7, 11) is 2.06. The Morgan fingerprint density at radius 3 is 2.58 bits per heavy atom. The summed E-state index contributed by atoms with van der Waals surface area (Å²) >= 11 is 1.68. The van der Waals surface area contributed by atoms with E-state index in [1.807, 2.05) is 0 Å². The number of hydrogen-bond acceptors (Lipinski definition) is 4. The molecule has 0 aliphatic heterocycles. The van der Waals surface area contributed by atoms with Gasteiger partial charge in [0.05, 0.1) is 5.69 Å². The van der Waals surface area contributed by atoms with Gasteiger partial charge in [-0.2, -0.15) is 0 Å². The van der Waals surface area contributed by atoms with Crippen LogP contribution in [0.25, 0.3) is 0 Å². The molecule has 0 unspecified atom stereocenters. The third-order valence-corrected chi connectivity index (χ3v) is 3.91. The van der Waals surface area contributed by atoms with Crippen molar-refractivity contribution in [2.75, 3.05) is 11.9 Å². The Morgan fingerprint density at radius 2 is 1.95 bits per heavy atom. The molecule has 0 radical (unpaired) electrons. The van der Waals surface area contributed by atoms with Gasteiger partial charge in [-0.25, -0.2) is 4.98 Å². The summed E-state index contributed by atoms with van der Waals surface area (Å²) in [5.74, 6) is 0. The second-order valence-electron chi connectivity index (χ2n) is 5.05. The van der Waals surface area contributed by atoms with Crippen LogP contribution in [-0.2, 0) is 6.54 Å². The predicted octanol–water partition coefficient (Wildman–Crippen LogP) is 3.72. The van der Waals surface area contributed by atoms with Crippen molar-refractivity contribution >= 4 is 22.2 Å². The van der Waals surface area contributed by atoms with Gasteiger partial charge in [0.25, 0.3) is 0 Å². The van der Waals surface area contributed by atoms with Crippen LogP contribution in [0.2, 0.25) is 0 Å². The van der Waals surface area contributed by atoms with E-state index in [2.05, 4.69) is 72.7 Å². The Balaban J connectivity index is 2.07. The van der Waals surface area contributed by atoms with Gasteiger partial charge >= 0.3 is 0 Å². The average Bonchev–Trinajstić information content (AvgIpc) is 2.85. The zero-order valence-electron chi connectivity index (χ0n) is 12.0. The molecule has 4 heteroatoms. The van der Waals surface area contributed by atoms with E-state index >= 15 is 0 Å². The van der Waals surface area contributed by atoms with Crippen LogP contribution in [0.15, 0.2) is 29.6 Å². The molecule has 1 aromatic carbocycles. The molecule has 1 heterocycles. The number of rotatable bonds is 5. The Hall–Kier alpha value is -1.39. The van der Waals surface area contributed by atoms with Crippen molar-refractivity contribution in [2.45, 2.75) is 33.4 Å². The van der Waals surface area contributed by atoms with Crippen LogP contribution in [0.5, 0.6) is 0 Å². The highest BCUT2D eigenvalue weighted by molar-refractivity contribution is 7.13. The maximum absolute atomic E-state index is 4.66. The van der Waals surface area contributed by atoms with Gasteiger partial charge in [-0.1, -0.05) is 31.5 Å². The minimum Gasteiger partial charge on any atom is -0.321 e. The fourth-order valence-corrected chi connectivity index (χ4v) is 2.53. The third kappa shape index (κ3) is 3.78. The summed E-state index contributed by atoms with van der Waals surface area (Å²) < 4.78 is 0. The first-order valence-corrected chi connectivity index (χ1v) is 7.42. The highest BCUT2D eigenvalue weighted by Gasteiger charge is 2.09. The fraction of sp³-hybridized carbons (Fsp3) is 0.400. The average molecular weight is 275 g/mol. The van der Waals surface area contributed by atoms with Crippen LogP contribution in [0.1, 0.15) is 25.1 Å². The molecule has 0 saturated heterocycles. The molecule has 19 heavy (non-hydrogen) atoms. The van der Waals surface area contributed by atoms with E-state index in [-0.39, 0.29) is 0 Å². The number of anilines is 2. The first kappa shape index (κ1) is 14.0. The molecule has 0 amide bonds. The largest absolute Gasteiger partial charge is 0.321 e. The van der Waals surface area contributed by atoms with Crippen molar-refractivity contribution in [1.82, 2.24) is 10.3 Å². The SMILES string of the molecule is Cc1ccc(N(C)c2nc(CNC(C)C)cs2)cc1. The summed E-state index contributed by atoms with van der Waals surface area (Å²) in [4.78, 5) is 6.79. The molecule has 0 atom stereocenters. The Labute approximate surface area is 119 Å². The van der Waals surface area contributed by atoms with E-state index in [0.717, 1.165) is 17.4 Å². The molecule has 102 valence electrons. The van der Waals surface area contributed by atoms with Crippen LogP contribution in [-0.4, -0.2) is 18.1 Å². The van der Waals surface area contributed by atoms with Crippen LogP contribution < -0.4 is 10.2 Å². The van der Waals surface area contributed by atoms with Crippen molar-refractivity contribution < 1.29 is 0 Å². The number of nitrogens with zero attached hydrogens (tertiary/aromatic N) is 2. The minimum atomic E-state index is 0.486. The standard InChI is InChI=1S/C15H21N3S/c1-11(2)16-9-13-10-19-15(17-13)18(4)14-7-5-12(3)6-8-14/h5-8,10-11,16H,9H2,1-4H3. The molecule has 1 N–H and O–H groups in total. The summed E-state index contributed by atoms with van der Waals surface area (Å²) in [6, 6.07) is 8.99. The Morgan fingerprint density at radius 1 is 1.26 bits per heavy atom. The molecule has 0 fully saturated rings. The van der Waals surface area contributed by atoms with Crippen molar-refractivity contribution in [3.8, 4) is 0 Å².